The van der Waals surface area contributed by atoms with Crippen molar-refractivity contribution in [1.82, 2.24) is 29.7 Å². The molecule has 7 nitrogen and oxygen atoms in total. The Morgan fingerprint density at radius 3 is 2.82 bits per heavy atom. The molecule has 3 aromatic heterocycles. The minimum atomic E-state index is 0.189. The van der Waals surface area contributed by atoms with E-state index in [0.29, 0.717) is 16.9 Å². The van der Waals surface area contributed by atoms with E-state index in [0.717, 1.165) is 5.69 Å². The Morgan fingerprint density at radius 2 is 2.06 bits per heavy atom. The summed E-state index contributed by atoms with van der Waals surface area (Å²) in [5.74, 6) is 0.724. The van der Waals surface area contributed by atoms with E-state index in [9.17, 15) is 0 Å². The minimum absolute atomic E-state index is 0.189. The first kappa shape index (κ1) is 9.64. The van der Waals surface area contributed by atoms with E-state index in [1.54, 1.807) is 6.33 Å². The molecule has 84 valence electrons. The molecule has 0 spiro atoms. The van der Waals surface area contributed by atoms with Gasteiger partial charge in [0.15, 0.2) is 5.82 Å². The Bertz CT molecular complexity index is 674. The van der Waals surface area contributed by atoms with Gasteiger partial charge >= 0.3 is 0 Å². The van der Waals surface area contributed by atoms with Crippen molar-refractivity contribution in [3.63, 3.8) is 0 Å². The van der Waals surface area contributed by atoms with E-state index in [-0.39, 0.29) is 5.95 Å². The number of hydrogen-bond donors (Lipinski definition) is 1. The summed E-state index contributed by atoms with van der Waals surface area (Å²) in [6.07, 6.45) is 2.98. The molecule has 0 aliphatic heterocycles. The number of anilines is 1. The van der Waals surface area contributed by atoms with Gasteiger partial charge in [0.2, 0.25) is 5.95 Å². The largest absolute Gasteiger partial charge is 0.368 e. The van der Waals surface area contributed by atoms with Gasteiger partial charge in [-0.15, -0.1) is 0 Å². The molecule has 0 unspecified atom stereocenters. The topological polar surface area (TPSA) is 95.4 Å². The molecule has 0 aromatic carbocycles. The SMILES string of the molecule is Cc1ccc2nc(N)nc(-n3cncn3)c2n1. The lowest BCUT2D eigenvalue weighted by atomic mass is 10.3. The zero-order valence-electron chi connectivity index (χ0n) is 9.07. The maximum atomic E-state index is 5.66. The van der Waals surface area contributed by atoms with Crippen LogP contribution in [0.2, 0.25) is 0 Å². The number of hydrogen-bond acceptors (Lipinski definition) is 6. The predicted octanol–water partition coefficient (Wildman–Crippen LogP) is 0.496. The average Bonchev–Trinajstić information content (AvgIpc) is 2.82. The van der Waals surface area contributed by atoms with Crippen molar-refractivity contribution >= 4 is 17.0 Å². The lowest BCUT2D eigenvalue weighted by Crippen LogP contribution is -2.06. The van der Waals surface area contributed by atoms with Crippen LogP contribution < -0.4 is 5.73 Å². The molecular weight excluding hydrogens is 218 g/mol. The summed E-state index contributed by atoms with van der Waals surface area (Å²) in [5.41, 5.74) is 7.88. The Balaban J connectivity index is 2.39. The molecule has 3 heterocycles. The van der Waals surface area contributed by atoms with E-state index in [4.69, 9.17) is 5.73 Å². The number of aryl methyl sites for hydroxylation is 1. The first-order valence-corrected chi connectivity index (χ1v) is 5.00. The highest BCUT2D eigenvalue weighted by atomic mass is 15.4. The first-order valence-electron chi connectivity index (χ1n) is 5.00. The number of nitrogen functional groups attached to an aromatic ring is 1. The van der Waals surface area contributed by atoms with E-state index in [1.165, 1.54) is 11.0 Å². The van der Waals surface area contributed by atoms with Crippen LogP contribution >= 0.6 is 0 Å². The number of aromatic nitrogens is 6. The van der Waals surface area contributed by atoms with Crippen molar-refractivity contribution in [2.45, 2.75) is 6.92 Å². The van der Waals surface area contributed by atoms with Gasteiger partial charge in [-0.05, 0) is 19.1 Å². The highest BCUT2D eigenvalue weighted by molar-refractivity contribution is 5.82. The summed E-state index contributed by atoms with van der Waals surface area (Å²) in [5, 5.41) is 4.03. The normalized spacial score (nSPS) is 10.9. The third-order valence-electron chi connectivity index (χ3n) is 2.32. The Hall–Kier alpha value is -2.57. The van der Waals surface area contributed by atoms with Crippen LogP contribution in [0.4, 0.5) is 5.95 Å². The molecule has 2 N–H and O–H groups in total. The number of pyridine rings is 1. The van der Waals surface area contributed by atoms with Crippen LogP contribution in [-0.2, 0) is 0 Å². The van der Waals surface area contributed by atoms with Gasteiger partial charge in [-0.25, -0.2) is 19.6 Å². The maximum absolute atomic E-state index is 5.66. The van der Waals surface area contributed by atoms with Gasteiger partial charge in [-0.2, -0.15) is 10.1 Å². The van der Waals surface area contributed by atoms with Gasteiger partial charge in [0.25, 0.3) is 0 Å². The second-order valence-electron chi connectivity index (χ2n) is 3.57. The molecule has 0 amide bonds. The van der Waals surface area contributed by atoms with Crippen LogP contribution in [-0.4, -0.2) is 29.7 Å². The van der Waals surface area contributed by atoms with Crippen LogP contribution in [0.5, 0.6) is 0 Å². The molecule has 0 aliphatic carbocycles. The van der Waals surface area contributed by atoms with Gasteiger partial charge < -0.3 is 5.73 Å². The zero-order chi connectivity index (χ0) is 11.8. The summed E-state index contributed by atoms with van der Waals surface area (Å²) in [6, 6.07) is 3.73. The molecule has 3 aromatic rings. The van der Waals surface area contributed by atoms with Crippen molar-refractivity contribution in [2.75, 3.05) is 5.73 Å². The molecule has 0 fully saturated rings. The van der Waals surface area contributed by atoms with Crippen molar-refractivity contribution < 1.29 is 0 Å². The third kappa shape index (κ3) is 1.57. The molecule has 0 aliphatic rings. The monoisotopic (exact) mass is 227 g/mol. The zero-order valence-corrected chi connectivity index (χ0v) is 9.07. The van der Waals surface area contributed by atoms with Crippen LogP contribution in [0.25, 0.3) is 16.9 Å². The van der Waals surface area contributed by atoms with E-state index in [2.05, 4.69) is 25.0 Å². The number of rotatable bonds is 1. The molecular formula is C10H9N7. The van der Waals surface area contributed by atoms with Crippen molar-refractivity contribution in [3.05, 3.63) is 30.5 Å². The molecule has 7 heteroatoms. The van der Waals surface area contributed by atoms with Crippen LogP contribution in [0, 0.1) is 6.92 Å². The number of fused-ring (bicyclic) bond motifs is 1. The Labute approximate surface area is 96.4 Å². The molecule has 0 atom stereocenters. The molecule has 0 saturated heterocycles. The van der Waals surface area contributed by atoms with Gasteiger partial charge in [0.05, 0.1) is 5.52 Å². The van der Waals surface area contributed by atoms with Gasteiger partial charge in [0, 0.05) is 5.69 Å². The Kier molecular flexibility index (Phi) is 1.97. The third-order valence-corrected chi connectivity index (χ3v) is 2.32. The molecule has 17 heavy (non-hydrogen) atoms. The Morgan fingerprint density at radius 1 is 1.18 bits per heavy atom. The fourth-order valence-electron chi connectivity index (χ4n) is 1.59. The highest BCUT2D eigenvalue weighted by Gasteiger charge is 2.10. The maximum Gasteiger partial charge on any atom is 0.222 e. The van der Waals surface area contributed by atoms with Crippen LogP contribution in [0.15, 0.2) is 24.8 Å². The van der Waals surface area contributed by atoms with Gasteiger partial charge in [-0.1, -0.05) is 0 Å². The fraction of sp³-hybridized carbons (Fsp3) is 0.100. The first-order chi connectivity index (χ1) is 8.24. The molecule has 3 rings (SSSR count). The summed E-state index contributed by atoms with van der Waals surface area (Å²) in [7, 11) is 0. The molecule has 0 saturated carbocycles. The van der Waals surface area contributed by atoms with Crippen LogP contribution in [0.3, 0.4) is 0 Å². The standard InChI is InChI=1S/C10H9N7/c1-6-2-3-7-8(14-6)9(16-10(11)15-7)17-5-12-4-13-17/h2-5H,1H3,(H2,11,15,16). The second-order valence-corrected chi connectivity index (χ2v) is 3.57. The van der Waals surface area contributed by atoms with Crippen molar-refractivity contribution in [1.29, 1.82) is 0 Å². The van der Waals surface area contributed by atoms with Crippen molar-refractivity contribution in [2.24, 2.45) is 0 Å². The summed E-state index contributed by atoms with van der Waals surface area (Å²) < 4.78 is 1.52. The lowest BCUT2D eigenvalue weighted by Gasteiger charge is -2.05. The lowest BCUT2D eigenvalue weighted by molar-refractivity contribution is 0.848. The fourth-order valence-corrected chi connectivity index (χ4v) is 1.59. The molecule has 0 bridgehead atoms. The quantitative estimate of drug-likeness (QED) is 0.650. The van der Waals surface area contributed by atoms with Crippen LogP contribution in [0.1, 0.15) is 5.69 Å². The van der Waals surface area contributed by atoms with E-state index >= 15 is 0 Å². The summed E-state index contributed by atoms with van der Waals surface area (Å²) in [4.78, 5) is 16.6. The average molecular weight is 227 g/mol. The van der Waals surface area contributed by atoms with Gasteiger partial charge in [-0.3, -0.25) is 0 Å². The van der Waals surface area contributed by atoms with E-state index < -0.39 is 0 Å². The van der Waals surface area contributed by atoms with Gasteiger partial charge in [0.1, 0.15) is 18.2 Å². The number of nitrogens with zero attached hydrogens (tertiary/aromatic N) is 6. The number of nitrogens with two attached hydrogens (primary N) is 1. The van der Waals surface area contributed by atoms with Crippen molar-refractivity contribution in [3.8, 4) is 5.82 Å². The minimum Gasteiger partial charge on any atom is -0.368 e. The predicted molar refractivity (Wildman–Crippen MR) is 61.4 cm³/mol. The smallest absolute Gasteiger partial charge is 0.222 e. The molecule has 0 radical (unpaired) electrons. The summed E-state index contributed by atoms with van der Waals surface area (Å²) in [6.45, 7) is 1.90. The van der Waals surface area contributed by atoms with E-state index in [1.807, 2.05) is 19.1 Å². The summed E-state index contributed by atoms with van der Waals surface area (Å²) >= 11 is 0. The second kappa shape index (κ2) is 3.48. The highest BCUT2D eigenvalue weighted by Crippen LogP contribution is 2.17.